The van der Waals surface area contributed by atoms with Crippen molar-refractivity contribution in [1.29, 1.82) is 0 Å². The number of benzene rings is 1. The third-order valence-corrected chi connectivity index (χ3v) is 2.97. The summed E-state index contributed by atoms with van der Waals surface area (Å²) >= 11 is 2.12. The van der Waals surface area contributed by atoms with Crippen molar-refractivity contribution in [2.75, 3.05) is 6.61 Å². The Hall–Kier alpha value is -0.880. The summed E-state index contributed by atoms with van der Waals surface area (Å²) in [4.78, 5) is -3.48. The molecule has 1 aromatic rings. The lowest BCUT2D eigenvalue weighted by Gasteiger charge is -2.26. The van der Waals surface area contributed by atoms with Crippen molar-refractivity contribution in [3.63, 3.8) is 0 Å². The minimum atomic E-state index is -3.48. The van der Waals surface area contributed by atoms with Gasteiger partial charge in [0, 0.05) is 11.6 Å². The Morgan fingerprint density at radius 1 is 1.47 bits per heavy atom. The van der Waals surface area contributed by atoms with Crippen LogP contribution >= 0.6 is 15.9 Å². The third kappa shape index (κ3) is 1.48. The summed E-state index contributed by atoms with van der Waals surface area (Å²) in [5.74, 6) is -0.0347. The van der Waals surface area contributed by atoms with E-state index >= 15 is 0 Å². The number of rotatable bonds is 1. The molecule has 1 aromatic carbocycles. The monoisotopic (exact) mass is 280 g/mol. The van der Waals surface area contributed by atoms with Crippen LogP contribution in [-0.4, -0.2) is 21.7 Å². The quantitative estimate of drug-likeness (QED) is 0.774. The number of phenolic OH excluding ortho intramolecular Hbond substituents is 1. The van der Waals surface area contributed by atoms with Crippen molar-refractivity contribution in [3.05, 3.63) is 23.8 Å². The first kappa shape index (κ1) is 10.6. The van der Waals surface area contributed by atoms with E-state index < -0.39 is 17.0 Å². The van der Waals surface area contributed by atoms with Gasteiger partial charge in [0.15, 0.2) is 0 Å². The molecule has 6 heteroatoms. The average Bonchev–Trinajstić information content (AvgIpc) is 2.43. The second-order valence-corrected chi connectivity index (χ2v) is 4.32. The highest BCUT2D eigenvalue weighted by molar-refractivity contribution is 9.10. The summed E-state index contributed by atoms with van der Waals surface area (Å²) in [6, 6.07) is 3.62. The number of aromatic hydroxyl groups is 1. The molecule has 0 aliphatic carbocycles. The SMILES string of the molecule is Oc1ccc2c(c1)OCC2(O)C(F)(F)Br. The van der Waals surface area contributed by atoms with Gasteiger partial charge in [0.1, 0.15) is 18.1 Å². The molecular formula is C9H7BrF2O3. The van der Waals surface area contributed by atoms with Gasteiger partial charge in [-0.05, 0) is 28.1 Å². The molecule has 0 saturated heterocycles. The minimum absolute atomic E-state index is 0.0397. The maximum Gasteiger partial charge on any atom is 0.337 e. The topological polar surface area (TPSA) is 49.7 Å². The minimum Gasteiger partial charge on any atom is -0.508 e. The van der Waals surface area contributed by atoms with Crippen LogP contribution in [0.25, 0.3) is 0 Å². The van der Waals surface area contributed by atoms with E-state index in [4.69, 9.17) is 9.84 Å². The Balaban J connectivity index is 2.53. The van der Waals surface area contributed by atoms with Crippen LogP contribution in [0.4, 0.5) is 8.78 Å². The zero-order chi connectivity index (χ0) is 11.3. The van der Waals surface area contributed by atoms with E-state index in [-0.39, 0.29) is 17.1 Å². The van der Waals surface area contributed by atoms with Crippen LogP contribution in [-0.2, 0) is 5.60 Å². The fraction of sp³-hybridized carbons (Fsp3) is 0.333. The summed E-state index contributed by atoms with van der Waals surface area (Å²) in [6.45, 7) is -0.552. The summed E-state index contributed by atoms with van der Waals surface area (Å²) in [7, 11) is 0. The number of alkyl halides is 3. The lowest BCUT2D eigenvalue weighted by atomic mass is 9.96. The fourth-order valence-corrected chi connectivity index (χ4v) is 1.79. The molecule has 3 nitrogen and oxygen atoms in total. The molecule has 1 unspecified atom stereocenters. The van der Waals surface area contributed by atoms with E-state index in [1.807, 2.05) is 0 Å². The van der Waals surface area contributed by atoms with Gasteiger partial charge in [0.05, 0.1) is 0 Å². The van der Waals surface area contributed by atoms with Crippen molar-refractivity contribution in [3.8, 4) is 11.5 Å². The number of aliphatic hydroxyl groups is 1. The molecule has 0 radical (unpaired) electrons. The molecule has 15 heavy (non-hydrogen) atoms. The lowest BCUT2D eigenvalue weighted by molar-refractivity contribution is -0.127. The molecule has 1 aliphatic heterocycles. The van der Waals surface area contributed by atoms with Crippen LogP contribution in [0.15, 0.2) is 18.2 Å². The smallest absolute Gasteiger partial charge is 0.337 e. The van der Waals surface area contributed by atoms with Crippen LogP contribution < -0.4 is 4.74 Å². The van der Waals surface area contributed by atoms with Crippen LogP contribution in [0, 0.1) is 0 Å². The van der Waals surface area contributed by atoms with E-state index in [9.17, 15) is 13.9 Å². The van der Waals surface area contributed by atoms with Crippen LogP contribution in [0.3, 0.4) is 0 Å². The summed E-state index contributed by atoms with van der Waals surface area (Å²) in [6.07, 6.45) is 0. The Morgan fingerprint density at radius 2 is 2.13 bits per heavy atom. The van der Waals surface area contributed by atoms with Crippen molar-refractivity contribution in [2.45, 2.75) is 10.4 Å². The number of phenols is 1. The van der Waals surface area contributed by atoms with Crippen molar-refractivity contribution in [2.24, 2.45) is 0 Å². The normalized spacial score (nSPS) is 24.8. The van der Waals surface area contributed by atoms with E-state index in [0.29, 0.717) is 0 Å². The average molecular weight is 281 g/mol. The molecule has 0 amide bonds. The van der Waals surface area contributed by atoms with Crippen LogP contribution in [0.5, 0.6) is 11.5 Å². The molecule has 0 spiro atoms. The predicted molar refractivity (Wildman–Crippen MR) is 51.4 cm³/mol. The van der Waals surface area contributed by atoms with Gasteiger partial charge in [-0.1, -0.05) is 0 Å². The largest absolute Gasteiger partial charge is 0.508 e. The number of hydrogen-bond donors (Lipinski definition) is 2. The molecule has 1 heterocycles. The zero-order valence-corrected chi connectivity index (χ0v) is 8.96. The predicted octanol–water partition coefficient (Wildman–Crippen LogP) is 1.96. The van der Waals surface area contributed by atoms with Gasteiger partial charge >= 0.3 is 4.83 Å². The first-order valence-corrected chi connectivity index (χ1v) is 4.89. The molecule has 2 N–H and O–H groups in total. The third-order valence-electron chi connectivity index (χ3n) is 2.32. The summed E-state index contributed by atoms with van der Waals surface area (Å²) < 4.78 is 31.1. The van der Waals surface area contributed by atoms with Gasteiger partial charge in [-0.25, -0.2) is 0 Å². The first-order chi connectivity index (χ1) is 6.84. The molecule has 1 aliphatic rings. The Kier molecular flexibility index (Phi) is 2.16. The molecule has 1 atom stereocenters. The standard InChI is InChI=1S/C9H7BrF2O3/c10-9(11,12)8(14)4-15-7-3-5(13)1-2-6(7)8/h1-3,13-14H,4H2. The fourth-order valence-electron chi connectivity index (χ4n) is 1.47. The summed E-state index contributed by atoms with van der Waals surface area (Å²) in [5, 5.41) is 18.9. The Morgan fingerprint density at radius 3 is 2.73 bits per heavy atom. The van der Waals surface area contributed by atoms with E-state index in [1.54, 1.807) is 0 Å². The van der Waals surface area contributed by atoms with Gasteiger partial charge < -0.3 is 14.9 Å². The van der Waals surface area contributed by atoms with E-state index in [1.165, 1.54) is 18.2 Å². The van der Waals surface area contributed by atoms with Crippen LogP contribution in [0.2, 0.25) is 0 Å². The molecule has 0 bridgehead atoms. The Labute approximate surface area is 92.4 Å². The maximum absolute atomic E-state index is 13.1. The number of ether oxygens (including phenoxy) is 1. The van der Waals surface area contributed by atoms with Gasteiger partial charge in [0.2, 0.25) is 5.60 Å². The highest BCUT2D eigenvalue weighted by Gasteiger charge is 2.57. The number of hydrogen-bond acceptors (Lipinski definition) is 3. The van der Waals surface area contributed by atoms with Gasteiger partial charge in [-0.15, -0.1) is 0 Å². The summed E-state index contributed by atoms with van der Waals surface area (Å²) in [5.41, 5.74) is -2.43. The van der Waals surface area contributed by atoms with E-state index in [0.717, 1.165) is 0 Å². The molecule has 0 fully saturated rings. The van der Waals surface area contributed by atoms with Crippen molar-refractivity contribution >= 4 is 15.9 Å². The van der Waals surface area contributed by atoms with Crippen molar-refractivity contribution < 1.29 is 23.7 Å². The molecule has 0 aromatic heterocycles. The van der Waals surface area contributed by atoms with Gasteiger partial charge in [-0.3, -0.25) is 0 Å². The second kappa shape index (κ2) is 3.05. The highest BCUT2D eigenvalue weighted by Crippen LogP contribution is 2.49. The first-order valence-electron chi connectivity index (χ1n) is 4.10. The maximum atomic E-state index is 13.1. The van der Waals surface area contributed by atoms with Crippen LogP contribution in [0.1, 0.15) is 5.56 Å². The molecule has 2 rings (SSSR count). The highest BCUT2D eigenvalue weighted by atomic mass is 79.9. The zero-order valence-electron chi connectivity index (χ0n) is 7.38. The molecule has 0 saturated carbocycles. The lowest BCUT2D eigenvalue weighted by Crippen LogP contribution is -2.42. The number of halogens is 3. The molecule has 82 valence electrons. The molecular weight excluding hydrogens is 274 g/mol. The number of fused-ring (bicyclic) bond motifs is 1. The van der Waals surface area contributed by atoms with Crippen molar-refractivity contribution in [1.82, 2.24) is 0 Å². The second-order valence-electron chi connectivity index (χ2n) is 3.33. The van der Waals surface area contributed by atoms with Gasteiger partial charge in [0.25, 0.3) is 0 Å². The van der Waals surface area contributed by atoms with E-state index in [2.05, 4.69) is 15.9 Å². The van der Waals surface area contributed by atoms with Gasteiger partial charge in [-0.2, -0.15) is 8.78 Å². The Bertz CT molecular complexity index is 405.